The van der Waals surface area contributed by atoms with Crippen LogP contribution in [0.3, 0.4) is 0 Å². The summed E-state index contributed by atoms with van der Waals surface area (Å²) in [6.07, 6.45) is 3.96. The number of aryl methyl sites for hydroxylation is 2. The second kappa shape index (κ2) is 11.5. The van der Waals surface area contributed by atoms with Crippen molar-refractivity contribution in [1.82, 2.24) is 30.4 Å². The van der Waals surface area contributed by atoms with Gasteiger partial charge in [-0.05, 0) is 31.9 Å². The Hall–Kier alpha value is -2.94. The number of benzene rings is 1. The second-order valence-electron chi connectivity index (χ2n) is 7.35. The van der Waals surface area contributed by atoms with Crippen molar-refractivity contribution in [3.8, 4) is 0 Å². The van der Waals surface area contributed by atoms with E-state index in [0.717, 1.165) is 48.5 Å². The molecule has 2 N–H and O–H groups in total. The van der Waals surface area contributed by atoms with Gasteiger partial charge in [-0.15, -0.1) is 21.5 Å². The summed E-state index contributed by atoms with van der Waals surface area (Å²) in [5.41, 5.74) is 1.22. The number of rotatable bonds is 10. The van der Waals surface area contributed by atoms with Gasteiger partial charge in [0.2, 0.25) is 0 Å². The molecular weight excluding hydrogens is 408 g/mol. The molecule has 0 atom stereocenters. The first-order valence-electron chi connectivity index (χ1n) is 10.6. The Kier molecular flexibility index (Phi) is 8.40. The van der Waals surface area contributed by atoms with Crippen LogP contribution in [-0.4, -0.2) is 45.8 Å². The Bertz CT molecular complexity index is 963. The van der Waals surface area contributed by atoms with E-state index < -0.39 is 0 Å². The van der Waals surface area contributed by atoms with E-state index in [1.807, 2.05) is 30.8 Å². The van der Waals surface area contributed by atoms with Crippen molar-refractivity contribution in [2.45, 2.75) is 39.8 Å². The first-order chi connectivity index (χ1) is 15.1. The molecule has 3 aromatic rings. The first kappa shape index (κ1) is 22.7. The second-order valence-corrected chi connectivity index (χ2v) is 8.55. The highest BCUT2D eigenvalue weighted by atomic mass is 32.1. The van der Waals surface area contributed by atoms with E-state index in [0.29, 0.717) is 13.1 Å². The summed E-state index contributed by atoms with van der Waals surface area (Å²) < 4.78 is 1.96. The molecule has 8 nitrogen and oxygen atoms in total. The molecule has 3 rings (SSSR count). The van der Waals surface area contributed by atoms with E-state index in [4.69, 9.17) is 4.99 Å². The molecule has 0 amide bonds. The van der Waals surface area contributed by atoms with Gasteiger partial charge in [-0.3, -0.25) is 0 Å². The van der Waals surface area contributed by atoms with Crippen LogP contribution in [0.25, 0.3) is 0 Å². The van der Waals surface area contributed by atoms with Crippen molar-refractivity contribution in [3.05, 3.63) is 58.1 Å². The molecule has 1 aromatic carbocycles. The van der Waals surface area contributed by atoms with Crippen LogP contribution >= 0.6 is 11.3 Å². The van der Waals surface area contributed by atoms with E-state index in [1.54, 1.807) is 11.3 Å². The molecular formula is C22H32N8S. The number of nitrogens with one attached hydrogen (secondary N) is 2. The summed E-state index contributed by atoms with van der Waals surface area (Å²) in [5.74, 6) is 2.48. The zero-order valence-electron chi connectivity index (χ0n) is 18.8. The van der Waals surface area contributed by atoms with Crippen molar-refractivity contribution < 1.29 is 0 Å². The highest BCUT2D eigenvalue weighted by molar-refractivity contribution is 7.11. The van der Waals surface area contributed by atoms with Crippen LogP contribution in [-0.2, 0) is 26.6 Å². The van der Waals surface area contributed by atoms with Gasteiger partial charge in [-0.2, -0.15) is 0 Å². The van der Waals surface area contributed by atoms with Crippen molar-refractivity contribution in [1.29, 1.82) is 0 Å². The van der Waals surface area contributed by atoms with E-state index in [2.05, 4.69) is 69.0 Å². The predicted octanol–water partition coefficient (Wildman–Crippen LogP) is 2.90. The standard InChI is InChI=1S/C22H32N8S/c1-5-19-14-24-21(31-19)16-26-22(25-15-20-28-27-17(2)30(20)4)23-12-9-13-29(3)18-10-7-6-8-11-18/h6-8,10-11,14H,5,9,12-13,15-16H2,1-4H3,(H2,23,25,26). The molecule has 9 heteroatoms. The Labute approximate surface area is 188 Å². The highest BCUT2D eigenvalue weighted by Crippen LogP contribution is 2.13. The molecule has 0 saturated heterocycles. The smallest absolute Gasteiger partial charge is 0.192 e. The fourth-order valence-electron chi connectivity index (χ4n) is 3.00. The number of thiazole rings is 1. The number of hydrogen-bond acceptors (Lipinski definition) is 6. The molecule has 166 valence electrons. The minimum absolute atomic E-state index is 0.467. The largest absolute Gasteiger partial charge is 0.375 e. The molecule has 31 heavy (non-hydrogen) atoms. The van der Waals surface area contributed by atoms with E-state index >= 15 is 0 Å². The van der Waals surface area contributed by atoms with Crippen molar-refractivity contribution in [3.63, 3.8) is 0 Å². The van der Waals surface area contributed by atoms with Crippen LogP contribution in [0.1, 0.15) is 34.9 Å². The summed E-state index contributed by atoms with van der Waals surface area (Å²) in [7, 11) is 4.08. The molecule has 0 saturated carbocycles. The van der Waals surface area contributed by atoms with Crippen LogP contribution in [0.2, 0.25) is 0 Å². The third-order valence-corrected chi connectivity index (χ3v) is 6.22. The van der Waals surface area contributed by atoms with E-state index in [1.165, 1.54) is 10.6 Å². The maximum absolute atomic E-state index is 4.72. The minimum Gasteiger partial charge on any atom is -0.375 e. The van der Waals surface area contributed by atoms with Gasteiger partial charge < -0.3 is 20.1 Å². The lowest BCUT2D eigenvalue weighted by Gasteiger charge is -2.19. The fraction of sp³-hybridized carbons (Fsp3) is 0.455. The Balaban J connectivity index is 1.55. The molecule has 0 bridgehead atoms. The SMILES string of the molecule is CCc1cnc(CNC(=NCc2nnc(C)n2C)NCCCN(C)c2ccccc2)s1. The topological polar surface area (TPSA) is 83.3 Å². The van der Waals surface area contributed by atoms with E-state index in [9.17, 15) is 0 Å². The molecule has 0 radical (unpaired) electrons. The van der Waals surface area contributed by atoms with Gasteiger partial charge in [0, 0.05) is 43.9 Å². The number of hydrogen-bond donors (Lipinski definition) is 2. The fourth-order valence-corrected chi connectivity index (χ4v) is 3.80. The maximum Gasteiger partial charge on any atom is 0.192 e. The molecule has 0 aliphatic rings. The first-order valence-corrected chi connectivity index (χ1v) is 11.4. The van der Waals surface area contributed by atoms with E-state index in [-0.39, 0.29) is 0 Å². The van der Waals surface area contributed by atoms with Gasteiger partial charge in [0.05, 0.1) is 6.54 Å². The van der Waals surface area contributed by atoms with Crippen LogP contribution in [0.15, 0.2) is 41.5 Å². The number of aromatic nitrogens is 4. The maximum atomic E-state index is 4.72. The van der Waals surface area contributed by atoms with Gasteiger partial charge in [0.15, 0.2) is 11.8 Å². The van der Waals surface area contributed by atoms with Crippen molar-refractivity contribution in [2.75, 3.05) is 25.0 Å². The number of nitrogens with zero attached hydrogens (tertiary/aromatic N) is 6. The highest BCUT2D eigenvalue weighted by Gasteiger charge is 2.07. The summed E-state index contributed by atoms with van der Waals surface area (Å²) in [4.78, 5) is 12.8. The lowest BCUT2D eigenvalue weighted by atomic mass is 10.3. The predicted molar refractivity (Wildman–Crippen MR) is 128 cm³/mol. The molecule has 0 spiro atoms. The minimum atomic E-state index is 0.467. The Morgan fingerprint density at radius 3 is 2.68 bits per heavy atom. The lowest BCUT2D eigenvalue weighted by Crippen LogP contribution is -2.38. The number of aliphatic imine (C=N–C) groups is 1. The average Bonchev–Trinajstić information content (AvgIpc) is 3.39. The Morgan fingerprint density at radius 2 is 2.00 bits per heavy atom. The van der Waals surface area contributed by atoms with Gasteiger partial charge in [0.1, 0.15) is 17.4 Å². The van der Waals surface area contributed by atoms with Crippen LogP contribution in [0.4, 0.5) is 5.69 Å². The number of guanidine groups is 1. The third kappa shape index (κ3) is 6.78. The molecule has 2 aromatic heterocycles. The van der Waals surface area contributed by atoms with Gasteiger partial charge in [-0.25, -0.2) is 9.98 Å². The molecule has 0 aliphatic heterocycles. The van der Waals surface area contributed by atoms with Crippen LogP contribution < -0.4 is 15.5 Å². The monoisotopic (exact) mass is 440 g/mol. The van der Waals surface area contributed by atoms with Crippen molar-refractivity contribution in [2.24, 2.45) is 12.0 Å². The number of anilines is 1. The third-order valence-electron chi connectivity index (χ3n) is 5.08. The van der Waals surface area contributed by atoms with Crippen molar-refractivity contribution >= 4 is 23.0 Å². The molecule has 2 heterocycles. The summed E-state index contributed by atoms with van der Waals surface area (Å²) in [6.45, 7) is 6.98. The van der Waals surface area contributed by atoms with Gasteiger partial charge >= 0.3 is 0 Å². The summed E-state index contributed by atoms with van der Waals surface area (Å²) in [6, 6.07) is 10.4. The Morgan fingerprint density at radius 1 is 1.19 bits per heavy atom. The quantitative estimate of drug-likeness (QED) is 0.287. The summed E-state index contributed by atoms with van der Waals surface area (Å²) in [5, 5.41) is 16.2. The zero-order chi connectivity index (χ0) is 22.1. The average molecular weight is 441 g/mol. The molecule has 0 fully saturated rings. The normalized spacial score (nSPS) is 11.5. The number of para-hydroxylation sites is 1. The van der Waals surface area contributed by atoms with Crippen LogP contribution in [0, 0.1) is 6.92 Å². The molecule has 0 aliphatic carbocycles. The van der Waals surface area contributed by atoms with Gasteiger partial charge in [0.25, 0.3) is 0 Å². The summed E-state index contributed by atoms with van der Waals surface area (Å²) >= 11 is 1.74. The van der Waals surface area contributed by atoms with Gasteiger partial charge in [-0.1, -0.05) is 25.1 Å². The molecule has 0 unspecified atom stereocenters. The van der Waals surface area contributed by atoms with Crippen LogP contribution in [0.5, 0.6) is 0 Å². The lowest BCUT2D eigenvalue weighted by molar-refractivity contribution is 0.716. The zero-order valence-corrected chi connectivity index (χ0v) is 19.6.